The van der Waals surface area contributed by atoms with Gasteiger partial charge in [0, 0.05) is 44.3 Å². The van der Waals surface area contributed by atoms with Gasteiger partial charge in [0.1, 0.15) is 0 Å². The van der Waals surface area contributed by atoms with Crippen LogP contribution in [-0.2, 0) is 5.41 Å². The maximum absolute atomic E-state index is 2.50. The molecule has 1 aromatic heterocycles. The maximum atomic E-state index is 2.50. The van der Waals surface area contributed by atoms with Crippen molar-refractivity contribution in [2.45, 2.75) is 19.3 Å². The Balaban J connectivity index is 1.07. The van der Waals surface area contributed by atoms with Crippen molar-refractivity contribution in [1.82, 2.24) is 4.57 Å². The lowest BCUT2D eigenvalue weighted by atomic mass is 9.82. The molecule has 0 spiro atoms. The van der Waals surface area contributed by atoms with Crippen LogP contribution in [0.1, 0.15) is 25.0 Å². The fourth-order valence-corrected chi connectivity index (χ4v) is 10.2. The van der Waals surface area contributed by atoms with Gasteiger partial charge in [0.2, 0.25) is 0 Å². The van der Waals surface area contributed by atoms with Gasteiger partial charge in [-0.15, -0.1) is 0 Å². The van der Waals surface area contributed by atoms with Gasteiger partial charge in [0.05, 0.1) is 11.0 Å². The van der Waals surface area contributed by atoms with Crippen LogP contribution < -0.4 is 4.90 Å². The molecule has 0 bridgehead atoms. The molecular formula is C57H40N2. The third kappa shape index (κ3) is 5.00. The van der Waals surface area contributed by atoms with E-state index in [1.54, 1.807) is 0 Å². The van der Waals surface area contributed by atoms with E-state index in [9.17, 15) is 0 Å². The van der Waals surface area contributed by atoms with Gasteiger partial charge in [0.15, 0.2) is 0 Å². The summed E-state index contributed by atoms with van der Waals surface area (Å²) in [4.78, 5) is 2.42. The normalized spacial score (nSPS) is 13.1. The highest BCUT2D eigenvalue weighted by Gasteiger charge is 2.35. The van der Waals surface area contributed by atoms with Crippen molar-refractivity contribution in [3.05, 3.63) is 217 Å². The molecule has 2 heteroatoms. The fraction of sp³-hybridized carbons (Fsp3) is 0.0526. The first-order valence-corrected chi connectivity index (χ1v) is 20.6. The van der Waals surface area contributed by atoms with E-state index in [4.69, 9.17) is 0 Å². The third-order valence-corrected chi connectivity index (χ3v) is 13.0. The lowest BCUT2D eigenvalue weighted by Gasteiger charge is -2.28. The molecule has 1 aliphatic rings. The standard InChI is InChI=1S/C57H40N2/c1-57(2)51-23-13-12-20-47(51)48-34-33-43(36-52(48)57)58(40-27-24-38(25-28-40)37-14-4-3-5-15-37)41-29-31-42(32-30-41)59-53-35-26-39-16-6-7-17-44(39)54(53)55-49-21-10-8-18-45(49)46-19-9-11-22-50(46)56(55)59/h3-36H,1-2H3. The lowest BCUT2D eigenvalue weighted by Crippen LogP contribution is -2.16. The quantitative estimate of drug-likeness (QED) is 0.159. The molecule has 10 aromatic carbocycles. The second-order valence-electron chi connectivity index (χ2n) is 16.5. The van der Waals surface area contributed by atoms with Gasteiger partial charge in [-0.05, 0) is 115 Å². The summed E-state index contributed by atoms with van der Waals surface area (Å²) in [5.74, 6) is 0. The van der Waals surface area contributed by atoms with Crippen molar-refractivity contribution >= 4 is 71.2 Å². The van der Waals surface area contributed by atoms with E-state index in [0.29, 0.717) is 0 Å². The van der Waals surface area contributed by atoms with Gasteiger partial charge >= 0.3 is 0 Å². The SMILES string of the molecule is CC1(C)c2ccccc2-c2ccc(N(c3ccc(-c4ccccc4)cc3)c3ccc(-n4c5ccc6ccccc6c5c5c6ccccc6c6ccccc6c54)cc3)cc21. The van der Waals surface area contributed by atoms with E-state index in [0.717, 1.165) is 22.7 Å². The molecule has 0 unspecified atom stereocenters. The van der Waals surface area contributed by atoms with E-state index in [2.05, 4.69) is 230 Å². The molecule has 11 aromatic rings. The van der Waals surface area contributed by atoms with Crippen molar-refractivity contribution < 1.29 is 0 Å². The topological polar surface area (TPSA) is 8.17 Å². The van der Waals surface area contributed by atoms with Crippen LogP contribution in [0.15, 0.2) is 206 Å². The van der Waals surface area contributed by atoms with E-state index < -0.39 is 0 Å². The van der Waals surface area contributed by atoms with Crippen LogP contribution in [0.3, 0.4) is 0 Å². The van der Waals surface area contributed by atoms with Crippen LogP contribution in [-0.4, -0.2) is 4.57 Å². The van der Waals surface area contributed by atoms with Crippen LogP contribution in [0, 0.1) is 0 Å². The van der Waals surface area contributed by atoms with Crippen molar-refractivity contribution in [3.63, 3.8) is 0 Å². The van der Waals surface area contributed by atoms with E-state index in [1.165, 1.54) is 87.5 Å². The number of fused-ring (bicyclic) bond motifs is 13. The summed E-state index contributed by atoms with van der Waals surface area (Å²) in [7, 11) is 0. The van der Waals surface area contributed by atoms with E-state index in [1.807, 2.05) is 0 Å². The summed E-state index contributed by atoms with van der Waals surface area (Å²) in [5.41, 5.74) is 14.7. The van der Waals surface area contributed by atoms with Gasteiger partial charge in [-0.1, -0.05) is 166 Å². The zero-order valence-electron chi connectivity index (χ0n) is 33.0. The summed E-state index contributed by atoms with van der Waals surface area (Å²) in [5, 5.41) is 10.2. The molecule has 2 nitrogen and oxygen atoms in total. The molecule has 59 heavy (non-hydrogen) atoms. The molecule has 0 atom stereocenters. The van der Waals surface area contributed by atoms with Crippen molar-refractivity contribution in [1.29, 1.82) is 0 Å². The Morgan fingerprint density at radius 3 is 1.71 bits per heavy atom. The first kappa shape index (κ1) is 33.7. The highest BCUT2D eigenvalue weighted by atomic mass is 15.1. The molecule has 0 aliphatic heterocycles. The molecule has 12 rings (SSSR count). The highest BCUT2D eigenvalue weighted by molar-refractivity contribution is 6.35. The maximum Gasteiger partial charge on any atom is 0.0626 e. The second kappa shape index (κ2) is 12.8. The Hall–Kier alpha value is -7.42. The van der Waals surface area contributed by atoms with Crippen LogP contribution in [0.5, 0.6) is 0 Å². The van der Waals surface area contributed by atoms with Crippen LogP contribution in [0.2, 0.25) is 0 Å². The Kier molecular flexibility index (Phi) is 7.31. The Bertz CT molecular complexity index is 3440. The van der Waals surface area contributed by atoms with Gasteiger partial charge in [-0.3, -0.25) is 0 Å². The largest absolute Gasteiger partial charge is 0.310 e. The molecule has 0 radical (unpaired) electrons. The number of aromatic nitrogens is 1. The molecule has 0 saturated carbocycles. The third-order valence-electron chi connectivity index (χ3n) is 13.0. The van der Waals surface area contributed by atoms with Gasteiger partial charge < -0.3 is 9.47 Å². The minimum Gasteiger partial charge on any atom is -0.310 e. The molecule has 0 fully saturated rings. The summed E-state index contributed by atoms with van der Waals surface area (Å²) in [6.45, 7) is 4.72. The van der Waals surface area contributed by atoms with Crippen molar-refractivity contribution in [2.75, 3.05) is 4.90 Å². The minimum absolute atomic E-state index is 0.109. The number of hydrogen-bond acceptors (Lipinski definition) is 1. The number of benzene rings is 10. The second-order valence-corrected chi connectivity index (χ2v) is 16.5. The van der Waals surface area contributed by atoms with Crippen molar-refractivity contribution in [2.24, 2.45) is 0 Å². The van der Waals surface area contributed by atoms with E-state index in [-0.39, 0.29) is 5.41 Å². The van der Waals surface area contributed by atoms with Crippen LogP contribution >= 0.6 is 0 Å². The van der Waals surface area contributed by atoms with Crippen LogP contribution in [0.25, 0.3) is 82.1 Å². The Labute approximate surface area is 343 Å². The molecule has 278 valence electrons. The lowest BCUT2D eigenvalue weighted by molar-refractivity contribution is 0.660. The van der Waals surface area contributed by atoms with E-state index >= 15 is 0 Å². The number of nitrogens with zero attached hydrogens (tertiary/aromatic N) is 2. The molecule has 0 saturated heterocycles. The number of hydrogen-bond donors (Lipinski definition) is 0. The smallest absolute Gasteiger partial charge is 0.0626 e. The monoisotopic (exact) mass is 752 g/mol. The molecular weight excluding hydrogens is 713 g/mol. The average Bonchev–Trinajstić information content (AvgIpc) is 3.77. The molecule has 1 heterocycles. The van der Waals surface area contributed by atoms with Gasteiger partial charge in [-0.25, -0.2) is 0 Å². The molecule has 0 N–H and O–H groups in total. The highest BCUT2D eigenvalue weighted by Crippen LogP contribution is 2.51. The number of anilines is 3. The Morgan fingerprint density at radius 1 is 0.390 bits per heavy atom. The fourth-order valence-electron chi connectivity index (χ4n) is 10.2. The predicted octanol–water partition coefficient (Wildman–Crippen LogP) is 15.7. The zero-order chi connectivity index (χ0) is 39.2. The summed E-state index contributed by atoms with van der Waals surface area (Å²) >= 11 is 0. The first-order chi connectivity index (χ1) is 29.0. The first-order valence-electron chi connectivity index (χ1n) is 20.6. The predicted molar refractivity (Wildman–Crippen MR) is 251 cm³/mol. The van der Waals surface area contributed by atoms with Gasteiger partial charge in [-0.2, -0.15) is 0 Å². The zero-order valence-corrected chi connectivity index (χ0v) is 33.0. The number of rotatable bonds is 5. The summed E-state index contributed by atoms with van der Waals surface area (Å²) < 4.78 is 2.50. The Morgan fingerprint density at radius 2 is 0.949 bits per heavy atom. The molecule has 0 amide bonds. The minimum atomic E-state index is -0.109. The molecule has 1 aliphatic carbocycles. The summed E-state index contributed by atoms with van der Waals surface area (Å²) in [6.07, 6.45) is 0. The van der Waals surface area contributed by atoms with Crippen LogP contribution in [0.4, 0.5) is 17.1 Å². The van der Waals surface area contributed by atoms with Crippen molar-refractivity contribution in [3.8, 4) is 27.9 Å². The van der Waals surface area contributed by atoms with Gasteiger partial charge in [0.25, 0.3) is 0 Å². The average molecular weight is 753 g/mol. The summed E-state index contributed by atoms with van der Waals surface area (Å²) in [6, 6.07) is 76.1.